The van der Waals surface area contributed by atoms with Gasteiger partial charge in [0.25, 0.3) is 5.91 Å². The fraction of sp³-hybridized carbons (Fsp3) is 0.417. The molecule has 2 rings (SSSR count). The molecule has 0 aromatic carbocycles. The summed E-state index contributed by atoms with van der Waals surface area (Å²) in [6.45, 7) is 2.49. The van der Waals surface area contributed by atoms with Crippen LogP contribution in [0.1, 0.15) is 17.4 Å². The zero-order valence-corrected chi connectivity index (χ0v) is 10.6. The van der Waals surface area contributed by atoms with E-state index < -0.39 is 11.9 Å². The molecule has 0 bridgehead atoms. The molecule has 1 aliphatic rings. The van der Waals surface area contributed by atoms with Crippen LogP contribution in [0, 0.1) is 11.8 Å². The number of hydrogen-bond donors (Lipinski definition) is 1. The van der Waals surface area contributed by atoms with Gasteiger partial charge in [0, 0.05) is 13.1 Å². The number of rotatable bonds is 2. The number of aliphatic carboxylic acids is 1. The first kappa shape index (κ1) is 12.8. The minimum atomic E-state index is -0.864. The number of aromatic nitrogens is 1. The first-order chi connectivity index (χ1) is 8.49. The first-order valence-corrected chi connectivity index (χ1v) is 6.01. The molecule has 1 fully saturated rings. The Hall–Kier alpha value is -1.62. The molecule has 2 atom stereocenters. The molecule has 2 heterocycles. The van der Waals surface area contributed by atoms with E-state index in [9.17, 15) is 9.59 Å². The molecule has 0 radical (unpaired) electrons. The van der Waals surface area contributed by atoms with E-state index in [0.29, 0.717) is 6.54 Å². The van der Waals surface area contributed by atoms with Crippen LogP contribution in [0.15, 0.2) is 18.2 Å². The molecule has 6 heteroatoms. The Kier molecular flexibility index (Phi) is 3.52. The average molecular weight is 269 g/mol. The Balaban J connectivity index is 2.14. The largest absolute Gasteiger partial charge is 0.481 e. The van der Waals surface area contributed by atoms with Crippen molar-refractivity contribution in [2.45, 2.75) is 6.92 Å². The first-order valence-electron chi connectivity index (χ1n) is 5.63. The number of halogens is 1. The van der Waals surface area contributed by atoms with Gasteiger partial charge >= 0.3 is 5.97 Å². The van der Waals surface area contributed by atoms with Gasteiger partial charge in [-0.2, -0.15) is 0 Å². The molecule has 0 aliphatic carbocycles. The van der Waals surface area contributed by atoms with Crippen molar-refractivity contribution in [2.75, 3.05) is 13.1 Å². The maximum Gasteiger partial charge on any atom is 0.308 e. The Morgan fingerprint density at radius 3 is 2.72 bits per heavy atom. The summed E-state index contributed by atoms with van der Waals surface area (Å²) < 4.78 is 0. The monoisotopic (exact) mass is 268 g/mol. The van der Waals surface area contributed by atoms with Crippen LogP contribution in [0.2, 0.25) is 5.15 Å². The normalized spacial score (nSPS) is 23.1. The van der Waals surface area contributed by atoms with Crippen LogP contribution in [-0.2, 0) is 4.79 Å². The molecule has 1 saturated heterocycles. The van der Waals surface area contributed by atoms with Crippen LogP contribution in [0.5, 0.6) is 0 Å². The highest BCUT2D eigenvalue weighted by Gasteiger charge is 2.37. The predicted molar refractivity (Wildman–Crippen MR) is 65.4 cm³/mol. The fourth-order valence-electron chi connectivity index (χ4n) is 2.14. The summed E-state index contributed by atoms with van der Waals surface area (Å²) in [6.07, 6.45) is 0. The summed E-state index contributed by atoms with van der Waals surface area (Å²) in [5, 5.41) is 9.28. The standard InChI is InChI=1S/C12H13ClN2O3/c1-7-5-15(6-8(7)12(17)18)11(16)9-3-2-4-10(13)14-9/h2-4,7-8H,5-6H2,1H3,(H,17,18). The van der Waals surface area contributed by atoms with Gasteiger partial charge in [0.15, 0.2) is 0 Å². The van der Waals surface area contributed by atoms with Gasteiger partial charge in [-0.25, -0.2) is 4.98 Å². The lowest BCUT2D eigenvalue weighted by molar-refractivity contribution is -0.142. The van der Waals surface area contributed by atoms with Crippen molar-refractivity contribution in [1.82, 2.24) is 9.88 Å². The van der Waals surface area contributed by atoms with Crippen molar-refractivity contribution in [2.24, 2.45) is 11.8 Å². The zero-order chi connectivity index (χ0) is 13.3. The van der Waals surface area contributed by atoms with Gasteiger partial charge in [-0.1, -0.05) is 24.6 Å². The highest BCUT2D eigenvalue weighted by molar-refractivity contribution is 6.29. The molecule has 1 aliphatic heterocycles. The van der Waals surface area contributed by atoms with E-state index in [4.69, 9.17) is 16.7 Å². The van der Waals surface area contributed by atoms with Crippen LogP contribution < -0.4 is 0 Å². The van der Waals surface area contributed by atoms with Crippen molar-refractivity contribution in [3.05, 3.63) is 29.0 Å². The summed E-state index contributed by atoms with van der Waals surface area (Å²) in [7, 11) is 0. The Morgan fingerprint density at radius 1 is 1.44 bits per heavy atom. The topological polar surface area (TPSA) is 70.5 Å². The number of carboxylic acids is 1. The summed E-state index contributed by atoms with van der Waals surface area (Å²) in [5.74, 6) is -1.69. The van der Waals surface area contributed by atoms with E-state index in [1.165, 1.54) is 4.90 Å². The van der Waals surface area contributed by atoms with E-state index in [1.807, 2.05) is 6.92 Å². The molecular formula is C12H13ClN2O3. The van der Waals surface area contributed by atoms with Gasteiger partial charge in [0.05, 0.1) is 5.92 Å². The third-order valence-electron chi connectivity index (χ3n) is 3.15. The van der Waals surface area contributed by atoms with Gasteiger partial charge in [-0.3, -0.25) is 9.59 Å². The molecule has 1 N–H and O–H groups in total. The van der Waals surface area contributed by atoms with Crippen molar-refractivity contribution in [3.63, 3.8) is 0 Å². The lowest BCUT2D eigenvalue weighted by atomic mass is 9.99. The van der Waals surface area contributed by atoms with Crippen molar-refractivity contribution in [1.29, 1.82) is 0 Å². The number of carbonyl (C=O) groups is 2. The van der Waals surface area contributed by atoms with Crippen molar-refractivity contribution < 1.29 is 14.7 Å². The minimum absolute atomic E-state index is 0.0503. The van der Waals surface area contributed by atoms with Gasteiger partial charge in [0.1, 0.15) is 10.8 Å². The Morgan fingerprint density at radius 2 is 2.17 bits per heavy atom. The third kappa shape index (κ3) is 2.46. The zero-order valence-electron chi connectivity index (χ0n) is 9.84. The second-order valence-corrected chi connectivity index (χ2v) is 4.86. The van der Waals surface area contributed by atoms with Crippen molar-refractivity contribution in [3.8, 4) is 0 Å². The number of nitrogens with zero attached hydrogens (tertiary/aromatic N) is 2. The number of amides is 1. The maximum atomic E-state index is 12.1. The maximum absolute atomic E-state index is 12.1. The van der Waals surface area contributed by atoms with E-state index in [2.05, 4.69) is 4.98 Å². The number of carbonyl (C=O) groups excluding carboxylic acids is 1. The second-order valence-electron chi connectivity index (χ2n) is 4.48. The van der Waals surface area contributed by atoms with Crippen LogP contribution in [0.25, 0.3) is 0 Å². The van der Waals surface area contributed by atoms with E-state index in [0.717, 1.165) is 0 Å². The van der Waals surface area contributed by atoms with E-state index >= 15 is 0 Å². The highest BCUT2D eigenvalue weighted by atomic mass is 35.5. The predicted octanol–water partition coefficient (Wildman–Crippen LogP) is 1.53. The minimum Gasteiger partial charge on any atom is -0.481 e. The molecule has 2 unspecified atom stereocenters. The van der Waals surface area contributed by atoms with Crippen LogP contribution in [-0.4, -0.2) is 40.0 Å². The molecular weight excluding hydrogens is 256 g/mol. The molecule has 5 nitrogen and oxygen atoms in total. The highest BCUT2D eigenvalue weighted by Crippen LogP contribution is 2.24. The van der Waals surface area contributed by atoms with E-state index in [-0.39, 0.29) is 29.2 Å². The second kappa shape index (κ2) is 4.94. The summed E-state index contributed by atoms with van der Waals surface area (Å²) in [5.41, 5.74) is 0.251. The summed E-state index contributed by atoms with van der Waals surface area (Å²) in [4.78, 5) is 28.6. The Bertz CT molecular complexity index is 492. The molecule has 0 spiro atoms. The van der Waals surface area contributed by atoms with Crippen molar-refractivity contribution >= 4 is 23.5 Å². The van der Waals surface area contributed by atoms with Gasteiger partial charge in [-0.05, 0) is 18.1 Å². The van der Waals surface area contributed by atoms with Gasteiger partial charge in [-0.15, -0.1) is 0 Å². The number of likely N-dealkylation sites (tertiary alicyclic amines) is 1. The Labute approximate surface area is 109 Å². The number of carboxylic acid groups (broad SMARTS) is 1. The van der Waals surface area contributed by atoms with Gasteiger partial charge < -0.3 is 10.0 Å². The van der Waals surface area contributed by atoms with E-state index in [1.54, 1.807) is 18.2 Å². The quantitative estimate of drug-likeness (QED) is 0.826. The number of hydrogen-bond acceptors (Lipinski definition) is 3. The molecule has 0 saturated carbocycles. The molecule has 18 heavy (non-hydrogen) atoms. The average Bonchev–Trinajstić information content (AvgIpc) is 2.70. The molecule has 1 amide bonds. The van der Waals surface area contributed by atoms with Gasteiger partial charge in [0.2, 0.25) is 0 Å². The third-order valence-corrected chi connectivity index (χ3v) is 3.36. The van der Waals surface area contributed by atoms with Crippen LogP contribution in [0.4, 0.5) is 0 Å². The summed E-state index contributed by atoms with van der Waals surface area (Å²) in [6, 6.07) is 4.81. The number of pyridine rings is 1. The summed E-state index contributed by atoms with van der Waals surface area (Å²) >= 11 is 5.73. The lowest BCUT2D eigenvalue weighted by Crippen LogP contribution is -2.30. The SMILES string of the molecule is CC1CN(C(=O)c2cccc(Cl)n2)CC1C(=O)O. The molecule has 96 valence electrons. The lowest BCUT2D eigenvalue weighted by Gasteiger charge is -2.15. The smallest absolute Gasteiger partial charge is 0.308 e. The molecule has 1 aromatic heterocycles. The fourth-order valence-corrected chi connectivity index (χ4v) is 2.31. The molecule has 1 aromatic rings. The van der Waals surface area contributed by atoms with Crippen LogP contribution >= 0.6 is 11.6 Å². The van der Waals surface area contributed by atoms with Crippen LogP contribution in [0.3, 0.4) is 0 Å².